The molecule has 0 aliphatic carbocycles. The summed E-state index contributed by atoms with van der Waals surface area (Å²) in [5.74, 6) is -0.163. The molecular weight excluding hydrogens is 487 g/mol. The minimum atomic E-state index is -1.25. The lowest BCUT2D eigenvalue weighted by Crippen LogP contribution is -2.23. The normalized spacial score (nSPS) is 11.6. The molecule has 1 N–H and O–H groups in total. The van der Waals surface area contributed by atoms with E-state index in [1.54, 1.807) is 52.8 Å². The van der Waals surface area contributed by atoms with Crippen LogP contribution in [0.4, 0.5) is 4.39 Å². The molecule has 0 unspecified atom stereocenters. The standard InChI is InChI=1S/C25H24ClFN6O3/c1-13-8-16(27)19(29-11-13)12-36-21-9-14(2)33(23(34)22(21)26)20-10-18(32-31-15(20)3)17-6-7-28-24(30-17)25(4,5)35/h6-11,35H,12H2,1-5H3. The molecule has 0 bridgehead atoms. The van der Waals surface area contributed by atoms with Crippen LogP contribution in [0.15, 0.2) is 41.5 Å². The fourth-order valence-electron chi connectivity index (χ4n) is 3.49. The van der Waals surface area contributed by atoms with Crippen molar-refractivity contribution in [2.45, 2.75) is 46.8 Å². The second-order valence-electron chi connectivity index (χ2n) is 8.86. The summed E-state index contributed by atoms with van der Waals surface area (Å²) in [5, 5.41) is 18.5. The van der Waals surface area contributed by atoms with E-state index in [2.05, 4.69) is 25.1 Å². The summed E-state index contributed by atoms with van der Waals surface area (Å²) < 4.78 is 21.2. The van der Waals surface area contributed by atoms with Gasteiger partial charge in [0.05, 0.1) is 17.1 Å². The van der Waals surface area contributed by atoms with Crippen molar-refractivity contribution in [2.75, 3.05) is 0 Å². The van der Waals surface area contributed by atoms with E-state index in [0.29, 0.717) is 34.0 Å². The van der Waals surface area contributed by atoms with Gasteiger partial charge in [0.1, 0.15) is 40.2 Å². The monoisotopic (exact) mass is 510 g/mol. The molecule has 0 amide bonds. The molecular formula is C25H24ClFN6O3. The van der Waals surface area contributed by atoms with E-state index in [0.717, 1.165) is 0 Å². The fourth-order valence-corrected chi connectivity index (χ4v) is 3.68. The SMILES string of the molecule is Cc1cnc(COc2cc(C)n(-c3cc(-c4ccnc(C(C)(C)O)n4)nnc3C)c(=O)c2Cl)c(F)c1. The number of ether oxygens (including phenoxy) is 1. The van der Waals surface area contributed by atoms with E-state index in [1.165, 1.54) is 23.0 Å². The number of halogens is 2. The van der Waals surface area contributed by atoms with Crippen LogP contribution < -0.4 is 10.3 Å². The van der Waals surface area contributed by atoms with Crippen LogP contribution in [0.1, 0.15) is 42.3 Å². The van der Waals surface area contributed by atoms with Crippen LogP contribution in [0.3, 0.4) is 0 Å². The van der Waals surface area contributed by atoms with Crippen LogP contribution >= 0.6 is 11.6 Å². The number of aromatic nitrogens is 6. The van der Waals surface area contributed by atoms with Gasteiger partial charge in [0, 0.05) is 24.2 Å². The van der Waals surface area contributed by atoms with Gasteiger partial charge in [0.25, 0.3) is 5.56 Å². The molecule has 4 heterocycles. The first-order valence-corrected chi connectivity index (χ1v) is 11.4. The largest absolute Gasteiger partial charge is 0.485 e. The molecule has 36 heavy (non-hydrogen) atoms. The van der Waals surface area contributed by atoms with Gasteiger partial charge < -0.3 is 9.84 Å². The van der Waals surface area contributed by atoms with Crippen molar-refractivity contribution >= 4 is 11.6 Å². The highest BCUT2D eigenvalue weighted by Crippen LogP contribution is 2.27. The predicted molar refractivity (Wildman–Crippen MR) is 132 cm³/mol. The maximum Gasteiger partial charge on any atom is 0.277 e. The molecule has 0 atom stereocenters. The number of hydrogen-bond acceptors (Lipinski definition) is 8. The van der Waals surface area contributed by atoms with Crippen molar-refractivity contribution in [3.63, 3.8) is 0 Å². The molecule has 0 saturated carbocycles. The van der Waals surface area contributed by atoms with Crippen molar-refractivity contribution in [2.24, 2.45) is 0 Å². The number of pyridine rings is 2. The van der Waals surface area contributed by atoms with E-state index in [1.807, 2.05) is 0 Å². The van der Waals surface area contributed by atoms with E-state index in [9.17, 15) is 14.3 Å². The quantitative estimate of drug-likeness (QED) is 0.413. The third kappa shape index (κ3) is 5.09. The Morgan fingerprint density at radius 3 is 2.56 bits per heavy atom. The molecule has 11 heteroatoms. The average Bonchev–Trinajstić information content (AvgIpc) is 2.82. The second-order valence-corrected chi connectivity index (χ2v) is 9.24. The summed E-state index contributed by atoms with van der Waals surface area (Å²) in [6, 6.07) is 6.24. The molecule has 0 saturated heterocycles. The summed E-state index contributed by atoms with van der Waals surface area (Å²) in [5.41, 5.74) is 1.27. The lowest BCUT2D eigenvalue weighted by atomic mass is 10.1. The predicted octanol–water partition coefficient (Wildman–Crippen LogP) is 4.00. The number of aryl methyl sites for hydroxylation is 3. The molecule has 186 valence electrons. The number of rotatable bonds is 6. The molecule has 0 aromatic carbocycles. The molecule has 0 aliphatic rings. The van der Waals surface area contributed by atoms with Crippen LogP contribution in [0.25, 0.3) is 17.1 Å². The van der Waals surface area contributed by atoms with Crippen LogP contribution in [-0.4, -0.2) is 34.8 Å². The Kier molecular flexibility index (Phi) is 6.83. The molecule has 0 aliphatic heterocycles. The Morgan fingerprint density at radius 1 is 1.11 bits per heavy atom. The Balaban J connectivity index is 1.72. The summed E-state index contributed by atoms with van der Waals surface area (Å²) in [7, 11) is 0. The van der Waals surface area contributed by atoms with Gasteiger partial charge >= 0.3 is 0 Å². The fraction of sp³-hybridized carbons (Fsp3) is 0.280. The topological polar surface area (TPSA) is 116 Å². The molecule has 9 nitrogen and oxygen atoms in total. The van der Waals surface area contributed by atoms with Gasteiger partial charge in [-0.15, -0.1) is 5.10 Å². The highest BCUT2D eigenvalue weighted by molar-refractivity contribution is 6.31. The zero-order chi connectivity index (χ0) is 26.2. The zero-order valence-corrected chi connectivity index (χ0v) is 21.1. The molecule has 0 spiro atoms. The highest BCUT2D eigenvalue weighted by atomic mass is 35.5. The van der Waals surface area contributed by atoms with Gasteiger partial charge in [-0.1, -0.05) is 11.6 Å². The van der Waals surface area contributed by atoms with Gasteiger partial charge in [-0.05, 0) is 58.4 Å². The van der Waals surface area contributed by atoms with Crippen LogP contribution in [0.2, 0.25) is 5.02 Å². The van der Waals surface area contributed by atoms with Crippen LogP contribution in [-0.2, 0) is 12.2 Å². The van der Waals surface area contributed by atoms with Gasteiger partial charge in [-0.3, -0.25) is 14.3 Å². The third-order valence-corrected chi connectivity index (χ3v) is 5.72. The minimum Gasteiger partial charge on any atom is -0.485 e. The van der Waals surface area contributed by atoms with Crippen molar-refractivity contribution < 1.29 is 14.2 Å². The van der Waals surface area contributed by atoms with Gasteiger partial charge in [-0.2, -0.15) is 5.10 Å². The van der Waals surface area contributed by atoms with Crippen molar-refractivity contribution in [1.29, 1.82) is 0 Å². The molecule has 0 fully saturated rings. The third-order valence-electron chi connectivity index (χ3n) is 5.38. The number of aliphatic hydroxyl groups is 1. The highest BCUT2D eigenvalue weighted by Gasteiger charge is 2.22. The van der Waals surface area contributed by atoms with Gasteiger partial charge in [-0.25, -0.2) is 14.4 Å². The van der Waals surface area contributed by atoms with E-state index in [-0.39, 0.29) is 28.9 Å². The summed E-state index contributed by atoms with van der Waals surface area (Å²) in [6.07, 6.45) is 3.05. The summed E-state index contributed by atoms with van der Waals surface area (Å²) in [6.45, 7) is 8.13. The summed E-state index contributed by atoms with van der Waals surface area (Å²) in [4.78, 5) is 25.8. The van der Waals surface area contributed by atoms with E-state index in [4.69, 9.17) is 16.3 Å². The second kappa shape index (κ2) is 9.71. The number of nitrogens with zero attached hydrogens (tertiary/aromatic N) is 6. The maximum absolute atomic E-state index is 14.1. The Hall–Kier alpha value is -3.76. The molecule has 0 radical (unpaired) electrons. The maximum atomic E-state index is 14.1. The Labute approximate surface area is 211 Å². The van der Waals surface area contributed by atoms with E-state index < -0.39 is 17.0 Å². The Bertz CT molecular complexity index is 1520. The summed E-state index contributed by atoms with van der Waals surface area (Å²) >= 11 is 6.37. The first-order valence-electron chi connectivity index (χ1n) is 11.0. The molecule has 4 aromatic rings. The van der Waals surface area contributed by atoms with Crippen molar-refractivity contribution in [3.8, 4) is 22.8 Å². The first kappa shape index (κ1) is 25.3. The smallest absolute Gasteiger partial charge is 0.277 e. The van der Waals surface area contributed by atoms with E-state index >= 15 is 0 Å². The first-order chi connectivity index (χ1) is 17.0. The molecule has 4 rings (SSSR count). The van der Waals surface area contributed by atoms with Crippen molar-refractivity contribution in [3.05, 3.63) is 86.3 Å². The van der Waals surface area contributed by atoms with Crippen LogP contribution in [0, 0.1) is 26.6 Å². The minimum absolute atomic E-state index is 0.104. The lowest BCUT2D eigenvalue weighted by molar-refractivity contribution is 0.0688. The van der Waals surface area contributed by atoms with Crippen LogP contribution in [0.5, 0.6) is 5.75 Å². The van der Waals surface area contributed by atoms with Crippen molar-refractivity contribution in [1.82, 2.24) is 29.7 Å². The van der Waals surface area contributed by atoms with Gasteiger partial charge in [0.15, 0.2) is 5.82 Å². The molecule has 4 aromatic heterocycles. The van der Waals surface area contributed by atoms with Gasteiger partial charge in [0.2, 0.25) is 0 Å². The Morgan fingerprint density at radius 2 is 1.86 bits per heavy atom. The lowest BCUT2D eigenvalue weighted by Gasteiger charge is -2.17. The average molecular weight is 511 g/mol. The number of hydrogen-bond donors (Lipinski definition) is 1. The zero-order valence-electron chi connectivity index (χ0n) is 20.4.